The van der Waals surface area contributed by atoms with Gasteiger partial charge < -0.3 is 14.2 Å². The van der Waals surface area contributed by atoms with Gasteiger partial charge in [0.05, 0.1) is 0 Å². The lowest BCUT2D eigenvalue weighted by atomic mass is 10.3. The largest absolute Gasteiger partial charge is 0.454 e. The molecule has 1 heterocycles. The molecule has 2 rings (SSSR count). The zero-order valence-electron chi connectivity index (χ0n) is 6.50. The Balaban J connectivity index is 2.21. The highest BCUT2D eigenvalue weighted by Gasteiger charge is 2.14. The average molecular weight is 188 g/mol. The van der Waals surface area contributed by atoms with E-state index in [1.165, 1.54) is 18.2 Å². The molecule has 0 unspecified atom stereocenters. The van der Waals surface area contributed by atoms with Gasteiger partial charge in [-0.05, 0) is 12.1 Å². The van der Waals surface area contributed by atoms with Crippen molar-refractivity contribution in [2.75, 3.05) is 6.79 Å². The summed E-state index contributed by atoms with van der Waals surface area (Å²) in [5.41, 5.74) is 0. The Morgan fingerprint density at radius 3 is 2.77 bits per heavy atom. The Bertz CT molecular complexity index is 314. The normalized spacial score (nSPS) is 13.5. The second kappa shape index (κ2) is 3.08. The minimum atomic E-state index is -2.82. The van der Waals surface area contributed by atoms with Crippen LogP contribution in [0.4, 0.5) is 8.78 Å². The van der Waals surface area contributed by atoms with E-state index in [9.17, 15) is 8.78 Å². The van der Waals surface area contributed by atoms with Gasteiger partial charge in [-0.1, -0.05) is 0 Å². The van der Waals surface area contributed by atoms with Crippen LogP contribution < -0.4 is 14.2 Å². The molecule has 0 radical (unpaired) electrons. The number of halogens is 2. The molecule has 1 aliphatic rings. The third-order valence-electron chi connectivity index (χ3n) is 1.57. The first-order valence-corrected chi connectivity index (χ1v) is 3.60. The van der Waals surface area contributed by atoms with Crippen LogP contribution in [0.2, 0.25) is 0 Å². The van der Waals surface area contributed by atoms with E-state index in [1.807, 2.05) is 0 Å². The number of alkyl halides is 2. The van der Waals surface area contributed by atoms with Crippen LogP contribution in [0.15, 0.2) is 18.2 Å². The van der Waals surface area contributed by atoms with E-state index >= 15 is 0 Å². The molecule has 1 aliphatic heterocycles. The molecule has 1 aromatic carbocycles. The van der Waals surface area contributed by atoms with E-state index in [2.05, 4.69) is 4.74 Å². The highest BCUT2D eigenvalue weighted by molar-refractivity contribution is 5.46. The van der Waals surface area contributed by atoms with Crippen LogP contribution in [0.3, 0.4) is 0 Å². The second-order valence-electron chi connectivity index (χ2n) is 2.39. The van der Waals surface area contributed by atoms with Crippen LogP contribution in [0, 0.1) is 0 Å². The standard InChI is InChI=1S/C8H6F2O3/c9-8(10)13-5-1-2-6-7(3-5)12-4-11-6/h1-3,8H,4H2. The van der Waals surface area contributed by atoms with Gasteiger partial charge in [-0.2, -0.15) is 8.78 Å². The van der Waals surface area contributed by atoms with Crippen molar-refractivity contribution < 1.29 is 23.0 Å². The van der Waals surface area contributed by atoms with Gasteiger partial charge in [0.15, 0.2) is 11.5 Å². The molecule has 0 aliphatic carbocycles. The maximum atomic E-state index is 11.8. The SMILES string of the molecule is FC(F)Oc1ccc2c(c1)OCO2. The summed E-state index contributed by atoms with van der Waals surface area (Å²) in [6.45, 7) is -2.70. The molecule has 3 nitrogen and oxygen atoms in total. The number of hydrogen-bond donors (Lipinski definition) is 0. The predicted octanol–water partition coefficient (Wildman–Crippen LogP) is 2.02. The van der Waals surface area contributed by atoms with Crippen molar-refractivity contribution in [3.05, 3.63) is 18.2 Å². The molecule has 0 N–H and O–H groups in total. The van der Waals surface area contributed by atoms with Crippen molar-refractivity contribution in [3.63, 3.8) is 0 Å². The molecule has 0 spiro atoms. The summed E-state index contributed by atoms with van der Waals surface area (Å²) < 4.78 is 37.7. The Labute approximate surface area is 72.8 Å². The van der Waals surface area contributed by atoms with Crippen LogP contribution in [-0.4, -0.2) is 13.4 Å². The fourth-order valence-corrected chi connectivity index (χ4v) is 1.05. The fourth-order valence-electron chi connectivity index (χ4n) is 1.05. The smallest absolute Gasteiger partial charge is 0.387 e. The zero-order valence-corrected chi connectivity index (χ0v) is 6.50. The topological polar surface area (TPSA) is 27.7 Å². The molecule has 0 aromatic heterocycles. The van der Waals surface area contributed by atoms with Gasteiger partial charge in [0.2, 0.25) is 6.79 Å². The summed E-state index contributed by atoms with van der Waals surface area (Å²) in [6, 6.07) is 4.30. The highest BCUT2D eigenvalue weighted by Crippen LogP contribution is 2.35. The van der Waals surface area contributed by atoms with Gasteiger partial charge in [-0.15, -0.1) is 0 Å². The highest BCUT2D eigenvalue weighted by atomic mass is 19.3. The molecule has 0 amide bonds. The van der Waals surface area contributed by atoms with E-state index in [-0.39, 0.29) is 12.5 Å². The maximum Gasteiger partial charge on any atom is 0.387 e. The minimum absolute atomic E-state index is 0.0688. The predicted molar refractivity (Wildman–Crippen MR) is 39.2 cm³/mol. The van der Waals surface area contributed by atoms with Gasteiger partial charge in [0.25, 0.3) is 0 Å². The molecule has 5 heteroatoms. The average Bonchev–Trinajstić information content (AvgIpc) is 2.49. The van der Waals surface area contributed by atoms with E-state index in [0.29, 0.717) is 11.5 Å². The van der Waals surface area contributed by atoms with E-state index in [0.717, 1.165) is 0 Å². The number of benzene rings is 1. The molecule has 1 aromatic rings. The number of ether oxygens (including phenoxy) is 3. The van der Waals surface area contributed by atoms with Crippen molar-refractivity contribution >= 4 is 0 Å². The quantitative estimate of drug-likeness (QED) is 0.710. The lowest BCUT2D eigenvalue weighted by Gasteiger charge is -2.04. The Kier molecular flexibility index (Phi) is 1.92. The molecule has 0 atom stereocenters. The summed E-state index contributed by atoms with van der Waals surface area (Å²) in [5.74, 6) is 1.04. The third kappa shape index (κ3) is 1.63. The molecule has 13 heavy (non-hydrogen) atoms. The first-order chi connectivity index (χ1) is 6.25. The zero-order chi connectivity index (χ0) is 9.26. The second-order valence-corrected chi connectivity index (χ2v) is 2.39. The lowest BCUT2D eigenvalue weighted by Crippen LogP contribution is -2.01. The summed E-state index contributed by atoms with van der Waals surface area (Å²) >= 11 is 0. The van der Waals surface area contributed by atoms with E-state index < -0.39 is 6.61 Å². The van der Waals surface area contributed by atoms with Crippen LogP contribution in [0.5, 0.6) is 17.2 Å². The monoisotopic (exact) mass is 188 g/mol. The van der Waals surface area contributed by atoms with Gasteiger partial charge in [0, 0.05) is 6.07 Å². The van der Waals surface area contributed by atoms with Gasteiger partial charge in [-0.25, -0.2) is 0 Å². The van der Waals surface area contributed by atoms with Crippen LogP contribution in [0.1, 0.15) is 0 Å². The summed E-state index contributed by atoms with van der Waals surface area (Å²) in [7, 11) is 0. The molecule has 0 bridgehead atoms. The molecule has 0 fully saturated rings. The summed E-state index contributed by atoms with van der Waals surface area (Å²) in [5, 5.41) is 0. The number of rotatable bonds is 2. The van der Waals surface area contributed by atoms with Crippen molar-refractivity contribution in [1.29, 1.82) is 0 Å². The third-order valence-corrected chi connectivity index (χ3v) is 1.57. The van der Waals surface area contributed by atoms with Crippen LogP contribution >= 0.6 is 0 Å². The van der Waals surface area contributed by atoms with Crippen molar-refractivity contribution in [3.8, 4) is 17.2 Å². The molecular weight excluding hydrogens is 182 g/mol. The fraction of sp³-hybridized carbons (Fsp3) is 0.250. The van der Waals surface area contributed by atoms with Gasteiger partial charge in [-0.3, -0.25) is 0 Å². The van der Waals surface area contributed by atoms with E-state index in [1.54, 1.807) is 0 Å². The molecule has 70 valence electrons. The first kappa shape index (κ1) is 8.10. The summed E-state index contributed by atoms with van der Waals surface area (Å²) in [4.78, 5) is 0. The molecule has 0 saturated carbocycles. The van der Waals surface area contributed by atoms with Crippen molar-refractivity contribution in [1.82, 2.24) is 0 Å². The summed E-state index contributed by atoms with van der Waals surface area (Å²) in [6.07, 6.45) is 0. The number of fused-ring (bicyclic) bond motifs is 1. The number of hydrogen-bond acceptors (Lipinski definition) is 3. The molecular formula is C8H6F2O3. The van der Waals surface area contributed by atoms with Gasteiger partial charge >= 0.3 is 6.61 Å². The Morgan fingerprint density at radius 1 is 1.23 bits per heavy atom. The van der Waals surface area contributed by atoms with Crippen LogP contribution in [-0.2, 0) is 0 Å². The van der Waals surface area contributed by atoms with Crippen molar-refractivity contribution in [2.24, 2.45) is 0 Å². The Hall–Kier alpha value is -1.52. The first-order valence-electron chi connectivity index (χ1n) is 3.60. The molecule has 0 saturated heterocycles. The van der Waals surface area contributed by atoms with Crippen LogP contribution in [0.25, 0.3) is 0 Å². The van der Waals surface area contributed by atoms with E-state index in [4.69, 9.17) is 9.47 Å². The van der Waals surface area contributed by atoms with Crippen molar-refractivity contribution in [2.45, 2.75) is 6.61 Å². The Morgan fingerprint density at radius 2 is 2.00 bits per heavy atom. The van der Waals surface area contributed by atoms with Gasteiger partial charge in [0.1, 0.15) is 5.75 Å². The maximum absolute atomic E-state index is 11.8. The lowest BCUT2D eigenvalue weighted by molar-refractivity contribution is -0.0499. The minimum Gasteiger partial charge on any atom is -0.454 e.